The van der Waals surface area contributed by atoms with Crippen molar-refractivity contribution in [3.05, 3.63) is 35.1 Å². The SMILES string of the molecule is Cc1cc([C@H]2CCCCC2=O)ccc1F. The predicted molar refractivity (Wildman–Crippen MR) is 57.4 cm³/mol. The molecule has 0 aromatic heterocycles. The quantitative estimate of drug-likeness (QED) is 0.688. The molecule has 0 spiro atoms. The summed E-state index contributed by atoms with van der Waals surface area (Å²) in [5.74, 6) is 0.132. The van der Waals surface area contributed by atoms with E-state index in [9.17, 15) is 9.18 Å². The Labute approximate surface area is 89.3 Å². The molecule has 1 nitrogen and oxygen atoms in total. The fourth-order valence-corrected chi connectivity index (χ4v) is 2.22. The summed E-state index contributed by atoms with van der Waals surface area (Å²) in [5, 5.41) is 0. The summed E-state index contributed by atoms with van der Waals surface area (Å²) in [7, 11) is 0. The van der Waals surface area contributed by atoms with Crippen LogP contribution in [0, 0.1) is 12.7 Å². The van der Waals surface area contributed by atoms with Gasteiger partial charge in [-0.15, -0.1) is 0 Å². The Morgan fingerprint density at radius 1 is 1.33 bits per heavy atom. The van der Waals surface area contributed by atoms with Crippen LogP contribution in [0.3, 0.4) is 0 Å². The van der Waals surface area contributed by atoms with Gasteiger partial charge in [0.25, 0.3) is 0 Å². The van der Waals surface area contributed by atoms with E-state index in [2.05, 4.69) is 0 Å². The fourth-order valence-electron chi connectivity index (χ4n) is 2.22. The van der Waals surface area contributed by atoms with E-state index in [-0.39, 0.29) is 11.7 Å². The first-order valence-corrected chi connectivity index (χ1v) is 5.47. The van der Waals surface area contributed by atoms with Gasteiger partial charge in [0.1, 0.15) is 11.6 Å². The monoisotopic (exact) mass is 206 g/mol. The van der Waals surface area contributed by atoms with Gasteiger partial charge in [-0.1, -0.05) is 18.6 Å². The first-order chi connectivity index (χ1) is 7.18. The smallest absolute Gasteiger partial charge is 0.140 e. The third-order valence-electron chi connectivity index (χ3n) is 3.14. The van der Waals surface area contributed by atoms with Crippen molar-refractivity contribution in [2.75, 3.05) is 0 Å². The molecule has 1 aromatic rings. The van der Waals surface area contributed by atoms with Crippen molar-refractivity contribution in [2.45, 2.75) is 38.5 Å². The van der Waals surface area contributed by atoms with E-state index in [0.29, 0.717) is 17.8 Å². The number of aryl methyl sites for hydroxylation is 1. The number of halogens is 1. The number of rotatable bonds is 1. The Kier molecular flexibility index (Phi) is 2.85. The Morgan fingerprint density at radius 3 is 2.80 bits per heavy atom. The van der Waals surface area contributed by atoms with Gasteiger partial charge < -0.3 is 0 Å². The molecular formula is C13H15FO. The van der Waals surface area contributed by atoms with Gasteiger partial charge in [-0.05, 0) is 37.0 Å². The van der Waals surface area contributed by atoms with Crippen LogP contribution >= 0.6 is 0 Å². The normalized spacial score (nSPS) is 21.7. The number of carbonyl (C=O) groups is 1. The highest BCUT2D eigenvalue weighted by Crippen LogP contribution is 2.30. The highest BCUT2D eigenvalue weighted by molar-refractivity contribution is 5.86. The zero-order valence-corrected chi connectivity index (χ0v) is 8.92. The van der Waals surface area contributed by atoms with Crippen LogP contribution in [0.15, 0.2) is 18.2 Å². The van der Waals surface area contributed by atoms with E-state index >= 15 is 0 Å². The first kappa shape index (κ1) is 10.3. The van der Waals surface area contributed by atoms with Crippen LogP contribution < -0.4 is 0 Å². The van der Waals surface area contributed by atoms with E-state index in [0.717, 1.165) is 24.8 Å². The van der Waals surface area contributed by atoms with Gasteiger partial charge in [-0.3, -0.25) is 4.79 Å². The number of hydrogen-bond acceptors (Lipinski definition) is 1. The number of benzene rings is 1. The molecule has 1 aliphatic rings. The van der Waals surface area contributed by atoms with Crippen LogP contribution in [-0.2, 0) is 4.79 Å². The molecule has 15 heavy (non-hydrogen) atoms. The summed E-state index contributed by atoms with van der Waals surface area (Å²) in [4.78, 5) is 11.7. The van der Waals surface area contributed by atoms with Crippen LogP contribution in [0.25, 0.3) is 0 Å². The first-order valence-electron chi connectivity index (χ1n) is 5.47. The molecule has 1 atom stereocenters. The lowest BCUT2D eigenvalue weighted by molar-refractivity contribution is -0.121. The summed E-state index contributed by atoms with van der Waals surface area (Å²) in [5.41, 5.74) is 1.62. The zero-order chi connectivity index (χ0) is 10.8. The molecule has 2 rings (SSSR count). The van der Waals surface area contributed by atoms with Gasteiger partial charge in [-0.2, -0.15) is 0 Å². The molecule has 0 radical (unpaired) electrons. The molecule has 80 valence electrons. The molecule has 1 fully saturated rings. The van der Waals surface area contributed by atoms with Crippen molar-refractivity contribution in [3.8, 4) is 0 Å². The largest absolute Gasteiger partial charge is 0.299 e. The molecule has 1 aromatic carbocycles. The third kappa shape index (κ3) is 2.09. The van der Waals surface area contributed by atoms with Crippen LogP contribution in [0.2, 0.25) is 0 Å². The Balaban J connectivity index is 2.28. The summed E-state index contributed by atoms with van der Waals surface area (Å²) in [6, 6.07) is 5.02. The van der Waals surface area contributed by atoms with Crippen LogP contribution in [0.4, 0.5) is 4.39 Å². The van der Waals surface area contributed by atoms with Crippen molar-refractivity contribution in [1.29, 1.82) is 0 Å². The van der Waals surface area contributed by atoms with Crippen LogP contribution in [0.5, 0.6) is 0 Å². The Hall–Kier alpha value is -1.18. The van der Waals surface area contributed by atoms with E-state index in [1.165, 1.54) is 6.07 Å². The number of carbonyl (C=O) groups excluding carboxylic acids is 1. The van der Waals surface area contributed by atoms with Gasteiger partial charge in [0.2, 0.25) is 0 Å². The van der Waals surface area contributed by atoms with Crippen LogP contribution in [-0.4, -0.2) is 5.78 Å². The summed E-state index contributed by atoms with van der Waals surface area (Å²) < 4.78 is 13.1. The molecule has 2 heteroatoms. The van der Waals surface area contributed by atoms with E-state index < -0.39 is 0 Å². The van der Waals surface area contributed by atoms with Gasteiger partial charge in [0, 0.05) is 12.3 Å². The van der Waals surface area contributed by atoms with E-state index in [1.807, 2.05) is 6.07 Å². The van der Waals surface area contributed by atoms with Crippen molar-refractivity contribution in [3.63, 3.8) is 0 Å². The van der Waals surface area contributed by atoms with Gasteiger partial charge in [0.05, 0.1) is 0 Å². The van der Waals surface area contributed by atoms with Crippen molar-refractivity contribution < 1.29 is 9.18 Å². The summed E-state index contributed by atoms with van der Waals surface area (Å²) >= 11 is 0. The standard InChI is InChI=1S/C13H15FO/c1-9-8-10(6-7-12(9)14)11-4-2-3-5-13(11)15/h6-8,11H,2-5H2,1H3/t11-/m1/s1. The molecule has 0 aliphatic heterocycles. The van der Waals surface area contributed by atoms with Crippen molar-refractivity contribution >= 4 is 5.78 Å². The molecule has 0 saturated heterocycles. The summed E-state index contributed by atoms with van der Waals surface area (Å²) in [6.45, 7) is 1.74. The highest BCUT2D eigenvalue weighted by atomic mass is 19.1. The minimum atomic E-state index is -0.193. The molecular weight excluding hydrogens is 191 g/mol. The molecule has 1 saturated carbocycles. The Bertz CT molecular complexity index is 384. The molecule has 0 amide bonds. The lowest BCUT2D eigenvalue weighted by atomic mass is 9.82. The minimum Gasteiger partial charge on any atom is -0.299 e. The number of ketones is 1. The third-order valence-corrected chi connectivity index (χ3v) is 3.14. The van der Waals surface area contributed by atoms with Crippen LogP contribution in [0.1, 0.15) is 42.7 Å². The summed E-state index contributed by atoms with van der Waals surface area (Å²) in [6.07, 6.45) is 3.72. The van der Waals surface area contributed by atoms with E-state index in [1.54, 1.807) is 13.0 Å². The second kappa shape index (κ2) is 4.13. The second-order valence-corrected chi connectivity index (χ2v) is 4.27. The molecule has 0 N–H and O–H groups in total. The lowest BCUT2D eigenvalue weighted by Gasteiger charge is -2.21. The Morgan fingerprint density at radius 2 is 2.13 bits per heavy atom. The van der Waals surface area contributed by atoms with Gasteiger partial charge >= 0.3 is 0 Å². The average Bonchev–Trinajstić information content (AvgIpc) is 2.23. The molecule has 0 bridgehead atoms. The van der Waals surface area contributed by atoms with Gasteiger partial charge in [0.15, 0.2) is 0 Å². The van der Waals surface area contributed by atoms with Crippen molar-refractivity contribution in [1.82, 2.24) is 0 Å². The predicted octanol–water partition coefficient (Wildman–Crippen LogP) is 3.36. The fraction of sp³-hybridized carbons (Fsp3) is 0.462. The van der Waals surface area contributed by atoms with Gasteiger partial charge in [-0.25, -0.2) is 4.39 Å². The molecule has 1 aliphatic carbocycles. The van der Waals surface area contributed by atoms with E-state index in [4.69, 9.17) is 0 Å². The lowest BCUT2D eigenvalue weighted by Crippen LogP contribution is -2.17. The highest BCUT2D eigenvalue weighted by Gasteiger charge is 2.23. The maximum atomic E-state index is 13.1. The number of Topliss-reactive ketones (excluding diaryl/α,β-unsaturated/α-hetero) is 1. The zero-order valence-electron chi connectivity index (χ0n) is 8.92. The average molecular weight is 206 g/mol. The topological polar surface area (TPSA) is 17.1 Å². The maximum absolute atomic E-state index is 13.1. The molecule has 0 heterocycles. The molecule has 0 unspecified atom stereocenters. The minimum absolute atomic E-state index is 0.0121. The maximum Gasteiger partial charge on any atom is 0.140 e. The number of hydrogen-bond donors (Lipinski definition) is 0. The van der Waals surface area contributed by atoms with Crippen molar-refractivity contribution in [2.24, 2.45) is 0 Å². The second-order valence-electron chi connectivity index (χ2n) is 4.27.